The maximum absolute atomic E-state index is 14.9. The van der Waals surface area contributed by atoms with Crippen LogP contribution in [0.15, 0.2) is 24.3 Å². The first-order chi connectivity index (χ1) is 57.7. The van der Waals surface area contributed by atoms with Crippen molar-refractivity contribution >= 4 is 31.7 Å². The van der Waals surface area contributed by atoms with Gasteiger partial charge in [-0.1, -0.05) is 335 Å². The molecule has 18 unspecified atom stereocenters. The van der Waals surface area contributed by atoms with Gasteiger partial charge in [0.05, 0.1) is 13.2 Å². The summed E-state index contributed by atoms with van der Waals surface area (Å²) in [7, 11) is -5.81. The minimum atomic E-state index is -5.81. The number of aliphatic hydroxyl groups is 9. The summed E-state index contributed by atoms with van der Waals surface area (Å²) in [6, 6.07) is 0. The van der Waals surface area contributed by atoms with Gasteiger partial charge in [-0.3, -0.25) is 28.2 Å². The van der Waals surface area contributed by atoms with Crippen LogP contribution in [-0.4, -0.2) is 205 Å². The first-order valence-electron chi connectivity index (χ1n) is 48.1. The van der Waals surface area contributed by atoms with Crippen molar-refractivity contribution < 1.29 is 122 Å². The normalized spacial score (nSPS) is 24.9. The number of hydrogen-bond acceptors (Lipinski definition) is 24. The van der Waals surface area contributed by atoms with Gasteiger partial charge in [-0.2, -0.15) is 0 Å². The summed E-state index contributed by atoms with van der Waals surface area (Å²) in [6.45, 7) is 5.59. The monoisotopic (exact) mass is 1720 g/mol. The largest absolute Gasteiger partial charge is 0.472 e. The van der Waals surface area contributed by atoms with Gasteiger partial charge in [-0.05, 0) is 77.0 Å². The number of allylic oxidation sites excluding steroid dienone is 4. The molecule has 3 aliphatic rings. The molecule has 25 nitrogen and oxygen atoms in total. The van der Waals surface area contributed by atoms with Crippen molar-refractivity contribution in [3.63, 3.8) is 0 Å². The second kappa shape index (κ2) is 72.0. The predicted molar refractivity (Wildman–Crippen MR) is 463 cm³/mol. The molecule has 0 aromatic rings. The Balaban J connectivity index is 1.91. The van der Waals surface area contributed by atoms with E-state index >= 15 is 0 Å². The summed E-state index contributed by atoms with van der Waals surface area (Å²) in [5.74, 6) is -2.98. The zero-order chi connectivity index (χ0) is 86.8. The van der Waals surface area contributed by atoms with Gasteiger partial charge in [0.2, 0.25) is 0 Å². The summed E-state index contributed by atoms with van der Waals surface area (Å²) in [5.41, 5.74) is 0. The number of carbonyl (C=O) groups is 4. The molecule has 0 spiro atoms. The van der Waals surface area contributed by atoms with E-state index in [1.54, 1.807) is 0 Å². The van der Waals surface area contributed by atoms with Gasteiger partial charge in [0.15, 0.2) is 24.8 Å². The topological polar surface area (TPSA) is 380 Å². The van der Waals surface area contributed by atoms with Crippen LogP contribution in [0.4, 0.5) is 0 Å². The fraction of sp³-hybridized carbons (Fsp3) is 0.914. The Kier molecular flexibility index (Phi) is 66.7. The highest BCUT2D eigenvalue weighted by Crippen LogP contribution is 2.49. The second-order valence-corrected chi connectivity index (χ2v) is 35.6. The SMILES string of the molecule is CCCCCC/C=C\CCCCCCCCCC(=O)OCC(COP(=O)(O)OC1C(OC2OC(CO)C(O)C(O)C2O)C(O)C(O)C(OC(=O)CCCCCCCCCCCCCCCCCC)C1OC1OC(COC(=O)CCCCCCCCCCCCCCCCCC)C(O)C(O)C1O)OC(=O)CCCCC/C=C\CCCCCCCC. The molecular weight excluding hydrogens is 1550 g/mol. The van der Waals surface area contributed by atoms with Crippen molar-refractivity contribution in [2.24, 2.45) is 0 Å². The Labute approximate surface area is 717 Å². The maximum Gasteiger partial charge on any atom is 0.472 e. The van der Waals surface area contributed by atoms with E-state index in [4.69, 9.17) is 46.9 Å². The van der Waals surface area contributed by atoms with Crippen LogP contribution in [0.3, 0.4) is 0 Å². The second-order valence-electron chi connectivity index (χ2n) is 34.2. The van der Waals surface area contributed by atoms with E-state index in [1.165, 1.54) is 180 Å². The van der Waals surface area contributed by atoms with Crippen LogP contribution < -0.4 is 0 Å². The van der Waals surface area contributed by atoms with Crippen molar-refractivity contribution in [3.05, 3.63) is 24.3 Å². The van der Waals surface area contributed by atoms with Crippen LogP contribution in [0.5, 0.6) is 0 Å². The Hall–Kier alpha value is -3.05. The summed E-state index contributed by atoms with van der Waals surface area (Å²) in [6.07, 6.45) is 33.0. The van der Waals surface area contributed by atoms with Crippen LogP contribution >= 0.6 is 7.82 Å². The van der Waals surface area contributed by atoms with Gasteiger partial charge in [-0.15, -0.1) is 0 Å². The Morgan fingerprint density at radius 1 is 0.328 bits per heavy atom. The number of phosphoric ester groups is 1. The number of unbranched alkanes of at least 4 members (excludes halogenated alkanes) is 50. The van der Waals surface area contributed by atoms with Crippen molar-refractivity contribution in [2.75, 3.05) is 26.4 Å². The average Bonchev–Trinajstić information content (AvgIpc) is 0.754. The first-order valence-corrected chi connectivity index (χ1v) is 49.6. The number of hydrogen-bond donors (Lipinski definition) is 10. The minimum absolute atomic E-state index is 0.0175. The number of rotatable bonds is 78. The Bertz CT molecular complexity index is 2570. The van der Waals surface area contributed by atoms with Crippen LogP contribution in [0.25, 0.3) is 0 Å². The van der Waals surface area contributed by atoms with Crippen LogP contribution in [0.1, 0.15) is 413 Å². The molecular formula is C93H171O25P. The lowest BCUT2D eigenvalue weighted by Gasteiger charge is -2.50. The average molecular weight is 1720 g/mol. The summed E-state index contributed by atoms with van der Waals surface area (Å²) < 4.78 is 73.5. The lowest BCUT2D eigenvalue weighted by Crippen LogP contribution is -2.70. The van der Waals surface area contributed by atoms with Gasteiger partial charge >= 0.3 is 31.7 Å². The smallest absolute Gasteiger partial charge is 0.463 e. The molecule has 3 fully saturated rings. The minimum Gasteiger partial charge on any atom is -0.463 e. The van der Waals surface area contributed by atoms with Gasteiger partial charge < -0.3 is 88.7 Å². The van der Waals surface area contributed by atoms with Crippen molar-refractivity contribution in [2.45, 2.75) is 517 Å². The zero-order valence-corrected chi connectivity index (χ0v) is 75.3. The molecule has 26 heteroatoms. The molecule has 1 aliphatic carbocycles. The van der Waals surface area contributed by atoms with Gasteiger partial charge in [0, 0.05) is 25.7 Å². The van der Waals surface area contributed by atoms with Gasteiger partial charge in [-0.25, -0.2) is 4.57 Å². The third-order valence-corrected chi connectivity index (χ3v) is 24.4. The Morgan fingerprint density at radius 3 is 1.02 bits per heavy atom. The highest BCUT2D eigenvalue weighted by molar-refractivity contribution is 7.47. The maximum atomic E-state index is 14.9. The van der Waals surface area contributed by atoms with E-state index in [0.717, 1.165) is 141 Å². The van der Waals surface area contributed by atoms with E-state index in [1.807, 2.05) is 0 Å². The Morgan fingerprint density at radius 2 is 0.630 bits per heavy atom. The third kappa shape index (κ3) is 52.0. The molecule has 2 heterocycles. The fourth-order valence-corrected chi connectivity index (χ4v) is 16.7. The fourth-order valence-electron chi connectivity index (χ4n) is 15.8. The molecule has 0 aromatic carbocycles. The number of carbonyl (C=O) groups excluding carboxylic acids is 4. The van der Waals surface area contributed by atoms with E-state index in [9.17, 15) is 74.6 Å². The molecule has 2 aliphatic heterocycles. The highest BCUT2D eigenvalue weighted by Gasteiger charge is 2.60. The summed E-state index contributed by atoms with van der Waals surface area (Å²) in [5, 5.41) is 102. The van der Waals surface area contributed by atoms with E-state index in [-0.39, 0.29) is 25.7 Å². The van der Waals surface area contributed by atoms with E-state index < -0.39 is 162 Å². The van der Waals surface area contributed by atoms with Crippen LogP contribution in [-0.2, 0) is 70.7 Å². The van der Waals surface area contributed by atoms with Crippen LogP contribution in [0, 0.1) is 0 Å². The zero-order valence-electron chi connectivity index (χ0n) is 74.4. The molecule has 119 heavy (non-hydrogen) atoms. The van der Waals surface area contributed by atoms with Crippen molar-refractivity contribution in [1.29, 1.82) is 0 Å². The number of phosphoric acid groups is 1. The van der Waals surface area contributed by atoms with Crippen LogP contribution in [0.2, 0.25) is 0 Å². The standard InChI is InChI=1S/C93H171O25P/c1-5-9-13-17-21-25-29-33-36-39-43-46-50-54-58-62-66-77(96)110-72-75-81(100)83(102)87(106)93(114-75)117-90-88(115-79(98)68-64-60-56-52-48-44-40-37-34-30-26-22-18-14-10-6-2)84(103)85(104)89(116-92-86(105)82(101)80(99)74(69-94)113-92)91(90)118-119(107,108)111-71-73(112-78(97)67-63-59-55-51-47-41-32-28-24-20-16-12-8-4)70-109-76(95)65-61-57-53-49-45-42-38-35-31-27-23-19-15-11-7-3/h27,31,41,47,73-75,80-94,99-106H,5-26,28-30,32-40,42-46,48-72H2,1-4H3,(H,107,108)/b31-27-,47-41-. The lowest BCUT2D eigenvalue weighted by molar-refractivity contribution is -0.360. The first kappa shape index (κ1) is 110. The molecule has 10 N–H and O–H groups in total. The molecule has 0 amide bonds. The third-order valence-electron chi connectivity index (χ3n) is 23.4. The summed E-state index contributed by atoms with van der Waals surface area (Å²) >= 11 is 0. The van der Waals surface area contributed by atoms with E-state index in [0.29, 0.717) is 38.5 Å². The molecule has 2 saturated heterocycles. The number of ether oxygens (including phenoxy) is 8. The molecule has 698 valence electrons. The quantitative estimate of drug-likeness (QED) is 0.00889. The molecule has 0 radical (unpaired) electrons. The number of esters is 4. The highest BCUT2D eigenvalue weighted by atomic mass is 31.2. The lowest BCUT2D eigenvalue weighted by atomic mass is 9.84. The van der Waals surface area contributed by atoms with Gasteiger partial charge in [0.25, 0.3) is 0 Å². The van der Waals surface area contributed by atoms with Crippen molar-refractivity contribution in [1.82, 2.24) is 0 Å². The number of aliphatic hydroxyl groups excluding tert-OH is 9. The molecule has 3 rings (SSSR count). The molecule has 0 aromatic heterocycles. The summed E-state index contributed by atoms with van der Waals surface area (Å²) in [4.78, 5) is 66.5. The molecule has 18 atom stereocenters. The predicted octanol–water partition coefficient (Wildman–Crippen LogP) is 18.1. The molecule has 1 saturated carbocycles. The van der Waals surface area contributed by atoms with Gasteiger partial charge in [0.1, 0.15) is 92.6 Å². The molecule has 0 bridgehead atoms. The van der Waals surface area contributed by atoms with Crippen molar-refractivity contribution in [3.8, 4) is 0 Å². The van der Waals surface area contributed by atoms with E-state index in [2.05, 4.69) is 52.0 Å².